The van der Waals surface area contributed by atoms with Gasteiger partial charge in [-0.2, -0.15) is 4.98 Å². The van der Waals surface area contributed by atoms with Crippen LogP contribution in [0.25, 0.3) is 11.4 Å². The first-order valence-electron chi connectivity index (χ1n) is 5.76. The lowest BCUT2D eigenvalue weighted by molar-refractivity contribution is 0.356. The molecule has 5 heteroatoms. The molecule has 0 radical (unpaired) electrons. The maximum atomic E-state index is 5.88. The number of aromatic nitrogens is 3. The van der Waals surface area contributed by atoms with E-state index in [2.05, 4.69) is 21.7 Å². The van der Waals surface area contributed by atoms with Crippen molar-refractivity contribution in [3.63, 3.8) is 0 Å². The Morgan fingerprint density at radius 1 is 1.33 bits per heavy atom. The lowest BCUT2D eigenvalue weighted by Gasteiger charge is -2.01. The maximum Gasteiger partial charge on any atom is 0.244 e. The summed E-state index contributed by atoms with van der Waals surface area (Å²) in [6, 6.07) is 3.54. The Morgan fingerprint density at radius 2 is 2.00 bits per heavy atom. The third kappa shape index (κ3) is 2.62. The molecule has 0 aliphatic rings. The highest BCUT2D eigenvalue weighted by Crippen LogP contribution is 2.20. The van der Waals surface area contributed by atoms with Crippen LogP contribution in [0, 0.1) is 13.8 Å². The predicted molar refractivity (Wildman–Crippen MR) is 68.7 cm³/mol. The number of nitrogens with two attached hydrogens (primary N) is 1. The van der Waals surface area contributed by atoms with Crippen LogP contribution in [-0.2, 0) is 0 Å². The molecule has 1 atom stereocenters. The van der Waals surface area contributed by atoms with Gasteiger partial charge in [0.15, 0.2) is 0 Å². The zero-order chi connectivity index (χ0) is 13.1. The minimum absolute atomic E-state index is 0.298. The van der Waals surface area contributed by atoms with Crippen LogP contribution in [0.2, 0.25) is 0 Å². The molecule has 94 valence electrons. The average molecular weight is 244 g/mol. The molecule has 0 saturated heterocycles. The summed E-state index contributed by atoms with van der Waals surface area (Å²) in [5, 5.41) is 3.94. The van der Waals surface area contributed by atoms with Crippen molar-refractivity contribution in [3.05, 3.63) is 42.1 Å². The molecule has 0 aromatic carbocycles. The zero-order valence-electron chi connectivity index (χ0n) is 10.6. The largest absolute Gasteiger partial charge is 0.337 e. The van der Waals surface area contributed by atoms with Gasteiger partial charge in [0.25, 0.3) is 0 Å². The first kappa shape index (κ1) is 12.4. The molecule has 1 unspecified atom stereocenters. The van der Waals surface area contributed by atoms with E-state index in [0.717, 1.165) is 17.0 Å². The van der Waals surface area contributed by atoms with Crippen LogP contribution in [-0.4, -0.2) is 15.1 Å². The Labute approximate surface area is 106 Å². The zero-order valence-corrected chi connectivity index (χ0v) is 10.6. The van der Waals surface area contributed by atoms with Crippen molar-refractivity contribution < 1.29 is 4.52 Å². The second kappa shape index (κ2) is 5.10. The molecule has 0 spiro atoms. The standard InChI is InChI=1S/C13H16N4O/c1-4-5-11(14)13-16-12(17-18-13)10-6-8(2)15-9(3)7-10/h4,6-7,11H,1,5,14H2,2-3H3. The van der Waals surface area contributed by atoms with Gasteiger partial charge in [0.1, 0.15) is 0 Å². The summed E-state index contributed by atoms with van der Waals surface area (Å²) in [5.74, 6) is 0.968. The van der Waals surface area contributed by atoms with Crippen molar-refractivity contribution in [2.24, 2.45) is 5.73 Å². The number of nitrogens with zero attached hydrogens (tertiary/aromatic N) is 3. The summed E-state index contributed by atoms with van der Waals surface area (Å²) >= 11 is 0. The SMILES string of the molecule is C=CCC(N)c1nc(-c2cc(C)nc(C)c2)no1. The second-order valence-electron chi connectivity index (χ2n) is 4.23. The summed E-state index contributed by atoms with van der Waals surface area (Å²) in [6.07, 6.45) is 2.34. The highest BCUT2D eigenvalue weighted by molar-refractivity contribution is 5.55. The van der Waals surface area contributed by atoms with Crippen molar-refractivity contribution in [2.75, 3.05) is 0 Å². The van der Waals surface area contributed by atoms with Crippen LogP contribution in [0.15, 0.2) is 29.3 Å². The van der Waals surface area contributed by atoms with Gasteiger partial charge in [-0.25, -0.2) is 0 Å². The van der Waals surface area contributed by atoms with Crippen LogP contribution in [0.5, 0.6) is 0 Å². The monoisotopic (exact) mass is 244 g/mol. The molecule has 0 aliphatic heterocycles. The van der Waals surface area contributed by atoms with E-state index in [1.54, 1.807) is 6.08 Å². The summed E-state index contributed by atoms with van der Waals surface area (Å²) in [5.41, 5.74) is 8.61. The van der Waals surface area contributed by atoms with E-state index >= 15 is 0 Å². The Balaban J connectivity index is 2.31. The average Bonchev–Trinajstić information content (AvgIpc) is 2.77. The second-order valence-corrected chi connectivity index (χ2v) is 4.23. The molecule has 2 N–H and O–H groups in total. The molecule has 0 saturated carbocycles. The third-order valence-electron chi connectivity index (χ3n) is 2.52. The lowest BCUT2D eigenvalue weighted by atomic mass is 10.2. The number of hydrogen-bond acceptors (Lipinski definition) is 5. The molecule has 0 fully saturated rings. The quantitative estimate of drug-likeness (QED) is 0.835. The molecule has 2 aromatic rings. The minimum atomic E-state index is -0.298. The van der Waals surface area contributed by atoms with Gasteiger partial charge in [0, 0.05) is 17.0 Å². The highest BCUT2D eigenvalue weighted by Gasteiger charge is 2.14. The Morgan fingerprint density at radius 3 is 2.61 bits per heavy atom. The van der Waals surface area contributed by atoms with Crippen LogP contribution in [0.4, 0.5) is 0 Å². The Kier molecular flexibility index (Phi) is 3.53. The van der Waals surface area contributed by atoms with Gasteiger partial charge in [-0.3, -0.25) is 4.98 Å². The summed E-state index contributed by atoms with van der Waals surface area (Å²) in [4.78, 5) is 8.61. The van der Waals surface area contributed by atoms with Gasteiger partial charge < -0.3 is 10.3 Å². The van der Waals surface area contributed by atoms with Gasteiger partial charge in [-0.15, -0.1) is 6.58 Å². The van der Waals surface area contributed by atoms with Gasteiger partial charge in [0.05, 0.1) is 6.04 Å². The predicted octanol–water partition coefficient (Wildman–Crippen LogP) is 2.32. The van der Waals surface area contributed by atoms with E-state index < -0.39 is 0 Å². The first-order valence-corrected chi connectivity index (χ1v) is 5.76. The van der Waals surface area contributed by atoms with E-state index in [-0.39, 0.29) is 6.04 Å². The topological polar surface area (TPSA) is 77.8 Å². The summed E-state index contributed by atoms with van der Waals surface area (Å²) < 4.78 is 5.16. The molecular formula is C13H16N4O. The van der Waals surface area contributed by atoms with Crippen LogP contribution in [0.3, 0.4) is 0 Å². The number of hydrogen-bond donors (Lipinski definition) is 1. The van der Waals surface area contributed by atoms with Crippen LogP contribution < -0.4 is 5.73 Å². The van der Waals surface area contributed by atoms with Crippen molar-refractivity contribution in [2.45, 2.75) is 26.3 Å². The molecular weight excluding hydrogens is 228 g/mol. The third-order valence-corrected chi connectivity index (χ3v) is 2.52. The molecule has 0 aliphatic carbocycles. The van der Waals surface area contributed by atoms with E-state index in [4.69, 9.17) is 10.3 Å². The van der Waals surface area contributed by atoms with Gasteiger partial charge in [0.2, 0.25) is 11.7 Å². The van der Waals surface area contributed by atoms with Crippen molar-refractivity contribution >= 4 is 0 Å². The van der Waals surface area contributed by atoms with Crippen molar-refractivity contribution in [1.29, 1.82) is 0 Å². The number of rotatable bonds is 4. The fourth-order valence-electron chi connectivity index (χ4n) is 1.75. The van der Waals surface area contributed by atoms with Gasteiger partial charge in [-0.1, -0.05) is 11.2 Å². The van der Waals surface area contributed by atoms with Gasteiger partial charge >= 0.3 is 0 Å². The molecule has 0 amide bonds. The Bertz CT molecular complexity index is 542. The normalized spacial score (nSPS) is 12.4. The van der Waals surface area contributed by atoms with E-state index in [9.17, 15) is 0 Å². The molecule has 2 aromatic heterocycles. The van der Waals surface area contributed by atoms with E-state index in [1.165, 1.54) is 0 Å². The molecule has 0 bridgehead atoms. The highest BCUT2D eigenvalue weighted by atomic mass is 16.5. The van der Waals surface area contributed by atoms with Crippen molar-refractivity contribution in [1.82, 2.24) is 15.1 Å². The van der Waals surface area contributed by atoms with E-state index in [1.807, 2.05) is 26.0 Å². The van der Waals surface area contributed by atoms with E-state index in [0.29, 0.717) is 18.1 Å². The molecule has 18 heavy (non-hydrogen) atoms. The maximum absolute atomic E-state index is 5.88. The molecule has 5 nitrogen and oxygen atoms in total. The lowest BCUT2D eigenvalue weighted by Crippen LogP contribution is -2.09. The molecule has 2 rings (SSSR count). The Hall–Kier alpha value is -2.01. The van der Waals surface area contributed by atoms with Gasteiger partial charge in [-0.05, 0) is 32.4 Å². The number of pyridine rings is 1. The van der Waals surface area contributed by atoms with Crippen molar-refractivity contribution in [3.8, 4) is 11.4 Å². The first-order chi connectivity index (χ1) is 8.60. The summed E-state index contributed by atoms with van der Waals surface area (Å²) in [6.45, 7) is 7.50. The fourth-order valence-corrected chi connectivity index (χ4v) is 1.75. The van der Waals surface area contributed by atoms with Crippen LogP contribution >= 0.6 is 0 Å². The molecule has 2 heterocycles. The number of aryl methyl sites for hydroxylation is 2. The summed E-state index contributed by atoms with van der Waals surface area (Å²) in [7, 11) is 0. The van der Waals surface area contributed by atoms with Crippen LogP contribution in [0.1, 0.15) is 29.7 Å². The smallest absolute Gasteiger partial charge is 0.244 e. The fraction of sp³-hybridized carbons (Fsp3) is 0.308. The minimum Gasteiger partial charge on any atom is -0.337 e.